The van der Waals surface area contributed by atoms with E-state index in [2.05, 4.69) is 15.5 Å². The van der Waals surface area contributed by atoms with Crippen molar-refractivity contribution in [1.29, 1.82) is 0 Å². The fourth-order valence-electron chi connectivity index (χ4n) is 1.08. The predicted octanol–water partition coefficient (Wildman–Crippen LogP) is -0.313. The number of aromatic nitrogens is 2. The largest absolute Gasteiger partial charge is 0.354 e. The monoisotopic (exact) mass is 213 g/mol. The van der Waals surface area contributed by atoms with Gasteiger partial charge in [0.25, 0.3) is 0 Å². The van der Waals surface area contributed by atoms with Crippen LogP contribution in [-0.2, 0) is 20.7 Å². The van der Waals surface area contributed by atoms with Gasteiger partial charge in [0.2, 0.25) is 5.91 Å². The Morgan fingerprint density at radius 3 is 2.87 bits per heavy atom. The van der Waals surface area contributed by atoms with Gasteiger partial charge in [0.05, 0.1) is 13.0 Å². The number of nitrogens with zero attached hydrogens (tertiary/aromatic N) is 1. The van der Waals surface area contributed by atoms with Crippen LogP contribution in [0.15, 0.2) is 12.3 Å². The lowest BCUT2D eigenvalue weighted by Gasteiger charge is -2.13. The minimum atomic E-state index is -0.407. The first-order valence-corrected chi connectivity index (χ1v) is 4.56. The van der Waals surface area contributed by atoms with Gasteiger partial charge in [-0.1, -0.05) is 0 Å². The van der Waals surface area contributed by atoms with Crippen LogP contribution in [0.2, 0.25) is 0 Å². The van der Waals surface area contributed by atoms with Crippen LogP contribution >= 0.6 is 0 Å². The summed E-state index contributed by atoms with van der Waals surface area (Å²) in [6, 6.07) is 1.75. The maximum absolute atomic E-state index is 11.4. The second-order valence-electron chi connectivity index (χ2n) is 2.96. The maximum atomic E-state index is 11.4. The van der Waals surface area contributed by atoms with Crippen LogP contribution in [0, 0.1) is 0 Å². The number of methoxy groups -OCH3 is 2. The van der Waals surface area contributed by atoms with Crippen LogP contribution < -0.4 is 5.32 Å². The first-order chi connectivity index (χ1) is 7.26. The summed E-state index contributed by atoms with van der Waals surface area (Å²) in [4.78, 5) is 11.4. The molecule has 0 spiro atoms. The highest BCUT2D eigenvalue weighted by molar-refractivity contribution is 5.78. The average Bonchev–Trinajstić information content (AvgIpc) is 2.72. The van der Waals surface area contributed by atoms with E-state index in [4.69, 9.17) is 9.47 Å². The van der Waals surface area contributed by atoms with Gasteiger partial charge in [-0.15, -0.1) is 0 Å². The molecule has 6 heteroatoms. The molecule has 0 aliphatic carbocycles. The standard InChI is InChI=1S/C9H15N3O3/c1-14-9(15-2)6-10-8(13)5-7-3-4-11-12-7/h3-4,9H,5-6H2,1-2H3,(H,10,13)(H,11,12). The topological polar surface area (TPSA) is 76.2 Å². The van der Waals surface area contributed by atoms with Crippen LogP contribution in [0.4, 0.5) is 0 Å². The van der Waals surface area contributed by atoms with Crippen molar-refractivity contribution in [2.45, 2.75) is 12.7 Å². The third-order valence-electron chi connectivity index (χ3n) is 1.90. The van der Waals surface area contributed by atoms with Crippen LogP contribution in [0.1, 0.15) is 5.69 Å². The third kappa shape index (κ3) is 4.09. The number of carbonyl (C=O) groups is 1. The fraction of sp³-hybridized carbons (Fsp3) is 0.556. The molecule has 2 N–H and O–H groups in total. The first kappa shape index (κ1) is 11.7. The second-order valence-corrected chi connectivity index (χ2v) is 2.96. The van der Waals surface area contributed by atoms with Gasteiger partial charge in [-0.3, -0.25) is 9.89 Å². The Kier molecular flexibility index (Phi) is 4.79. The van der Waals surface area contributed by atoms with Gasteiger partial charge in [-0.2, -0.15) is 5.10 Å². The van der Waals surface area contributed by atoms with Gasteiger partial charge < -0.3 is 14.8 Å². The highest BCUT2D eigenvalue weighted by Gasteiger charge is 2.08. The lowest BCUT2D eigenvalue weighted by molar-refractivity contribution is -0.126. The highest BCUT2D eigenvalue weighted by Crippen LogP contribution is 1.93. The summed E-state index contributed by atoms with van der Waals surface area (Å²) >= 11 is 0. The number of carbonyl (C=O) groups excluding carboxylic acids is 1. The molecule has 0 saturated heterocycles. The van der Waals surface area contributed by atoms with Crippen molar-refractivity contribution in [1.82, 2.24) is 15.5 Å². The maximum Gasteiger partial charge on any atom is 0.226 e. The Hall–Kier alpha value is -1.40. The lowest BCUT2D eigenvalue weighted by atomic mass is 10.3. The van der Waals surface area contributed by atoms with Gasteiger partial charge in [-0.05, 0) is 6.07 Å². The summed E-state index contributed by atoms with van der Waals surface area (Å²) < 4.78 is 9.86. The number of H-pyrrole nitrogens is 1. The molecule has 0 aliphatic rings. The summed E-state index contributed by atoms with van der Waals surface area (Å²) in [5.74, 6) is -0.0987. The Balaban J connectivity index is 2.24. The van der Waals surface area contributed by atoms with Crippen molar-refractivity contribution < 1.29 is 14.3 Å². The second kappa shape index (κ2) is 6.15. The molecule has 1 aromatic rings. The SMILES string of the molecule is COC(CNC(=O)Cc1ccn[nH]1)OC. The van der Waals surface area contributed by atoms with Crippen molar-refractivity contribution in [2.75, 3.05) is 20.8 Å². The van der Waals surface area contributed by atoms with Gasteiger partial charge in [-0.25, -0.2) is 0 Å². The van der Waals surface area contributed by atoms with E-state index in [-0.39, 0.29) is 12.3 Å². The Morgan fingerprint density at radius 1 is 1.60 bits per heavy atom. The number of ether oxygens (including phenoxy) is 2. The molecule has 1 rings (SSSR count). The zero-order valence-corrected chi connectivity index (χ0v) is 8.82. The van der Waals surface area contributed by atoms with E-state index in [1.807, 2.05) is 0 Å². The minimum Gasteiger partial charge on any atom is -0.354 e. The molecule has 0 aromatic carbocycles. The van der Waals surface area contributed by atoms with E-state index in [1.54, 1.807) is 12.3 Å². The van der Waals surface area contributed by atoms with E-state index < -0.39 is 6.29 Å². The quantitative estimate of drug-likeness (QED) is 0.635. The van der Waals surface area contributed by atoms with Crippen molar-refractivity contribution in [2.24, 2.45) is 0 Å². The Bertz CT molecular complexity index is 283. The molecule has 0 unspecified atom stereocenters. The number of aromatic amines is 1. The number of hydrogen-bond donors (Lipinski definition) is 2. The minimum absolute atomic E-state index is 0.0987. The molecule has 0 saturated carbocycles. The first-order valence-electron chi connectivity index (χ1n) is 4.56. The molecule has 0 atom stereocenters. The van der Waals surface area contributed by atoms with E-state index in [0.717, 1.165) is 5.69 Å². The van der Waals surface area contributed by atoms with Crippen LogP contribution in [-0.4, -0.2) is 43.2 Å². The smallest absolute Gasteiger partial charge is 0.226 e. The van der Waals surface area contributed by atoms with Crippen LogP contribution in [0.3, 0.4) is 0 Å². The lowest BCUT2D eigenvalue weighted by Crippen LogP contribution is -2.35. The summed E-state index contributed by atoms with van der Waals surface area (Å²) in [7, 11) is 3.05. The van der Waals surface area contributed by atoms with Gasteiger partial charge >= 0.3 is 0 Å². The summed E-state index contributed by atoms with van der Waals surface area (Å²) in [5.41, 5.74) is 0.777. The molecule has 6 nitrogen and oxygen atoms in total. The summed E-state index contributed by atoms with van der Waals surface area (Å²) in [6.07, 6.45) is 1.48. The molecule has 1 amide bonds. The molecular formula is C9H15N3O3. The average molecular weight is 213 g/mol. The normalized spacial score (nSPS) is 10.6. The van der Waals surface area contributed by atoms with Gasteiger partial charge in [0, 0.05) is 26.1 Å². The van der Waals surface area contributed by atoms with E-state index >= 15 is 0 Å². The number of amides is 1. The van der Waals surface area contributed by atoms with E-state index in [0.29, 0.717) is 6.54 Å². The van der Waals surface area contributed by atoms with Crippen molar-refractivity contribution >= 4 is 5.91 Å². The van der Waals surface area contributed by atoms with Crippen molar-refractivity contribution in [3.8, 4) is 0 Å². The summed E-state index contributed by atoms with van der Waals surface area (Å²) in [6.45, 7) is 0.333. The zero-order valence-electron chi connectivity index (χ0n) is 8.82. The third-order valence-corrected chi connectivity index (χ3v) is 1.90. The zero-order chi connectivity index (χ0) is 11.1. The molecule has 0 radical (unpaired) electrons. The number of nitrogens with one attached hydrogen (secondary N) is 2. The molecule has 0 aliphatic heterocycles. The molecule has 0 bridgehead atoms. The number of hydrogen-bond acceptors (Lipinski definition) is 4. The molecule has 84 valence electrons. The van der Waals surface area contributed by atoms with Crippen LogP contribution in [0.25, 0.3) is 0 Å². The van der Waals surface area contributed by atoms with Crippen LogP contribution in [0.5, 0.6) is 0 Å². The molecule has 0 fully saturated rings. The van der Waals surface area contributed by atoms with Gasteiger partial charge in [0.15, 0.2) is 6.29 Å². The molecule has 1 heterocycles. The van der Waals surface area contributed by atoms with Gasteiger partial charge in [0.1, 0.15) is 0 Å². The fourth-order valence-corrected chi connectivity index (χ4v) is 1.08. The Labute approximate surface area is 88.0 Å². The van der Waals surface area contributed by atoms with Crippen molar-refractivity contribution in [3.63, 3.8) is 0 Å². The van der Waals surface area contributed by atoms with E-state index in [9.17, 15) is 4.79 Å². The Morgan fingerprint density at radius 2 is 2.33 bits per heavy atom. The predicted molar refractivity (Wildman–Crippen MR) is 53.1 cm³/mol. The molecular weight excluding hydrogens is 198 g/mol. The highest BCUT2D eigenvalue weighted by atomic mass is 16.7. The van der Waals surface area contributed by atoms with E-state index in [1.165, 1.54) is 14.2 Å². The summed E-state index contributed by atoms with van der Waals surface area (Å²) in [5, 5.41) is 9.14. The molecule has 1 aromatic heterocycles. The number of rotatable bonds is 6. The molecule has 15 heavy (non-hydrogen) atoms. The van der Waals surface area contributed by atoms with Crippen molar-refractivity contribution in [3.05, 3.63) is 18.0 Å².